The van der Waals surface area contributed by atoms with Crippen LogP contribution in [0.15, 0.2) is 83.8 Å². The van der Waals surface area contributed by atoms with Crippen LogP contribution in [0.3, 0.4) is 0 Å². The lowest BCUT2D eigenvalue weighted by molar-refractivity contribution is 0.206. The molecule has 1 aliphatic heterocycles. The van der Waals surface area contributed by atoms with Crippen LogP contribution in [0.1, 0.15) is 24.0 Å². The summed E-state index contributed by atoms with van der Waals surface area (Å²) in [5, 5.41) is 0. The van der Waals surface area contributed by atoms with Crippen LogP contribution < -0.4 is 4.31 Å². The molecule has 6 heteroatoms. The standard InChI is InChI=1S/C25H27FN2O2S/c1-20-7-13-23(14-8-20)28(31(29,30)25-5-3-2-4-6-25)24-15-17-27(18-16-24)19-21-9-11-22(26)12-10-21/h2-14,24H,15-19H2,1H3. The zero-order chi connectivity index (χ0) is 21.8. The van der Waals surface area contributed by atoms with Gasteiger partial charge in [-0.3, -0.25) is 9.21 Å². The third-order valence-electron chi connectivity index (χ3n) is 5.80. The Morgan fingerprint density at radius 3 is 2.13 bits per heavy atom. The van der Waals surface area contributed by atoms with E-state index in [1.165, 1.54) is 12.1 Å². The Hall–Kier alpha value is -2.70. The lowest BCUT2D eigenvalue weighted by Gasteiger charge is -2.39. The number of likely N-dealkylation sites (tertiary alicyclic amines) is 1. The summed E-state index contributed by atoms with van der Waals surface area (Å²) >= 11 is 0. The van der Waals surface area contributed by atoms with Crippen molar-refractivity contribution in [1.29, 1.82) is 0 Å². The lowest BCUT2D eigenvalue weighted by Crippen LogP contribution is -2.47. The molecule has 4 nitrogen and oxygen atoms in total. The molecule has 162 valence electrons. The van der Waals surface area contributed by atoms with Crippen LogP contribution in [0.25, 0.3) is 0 Å². The predicted octanol–water partition coefficient (Wildman–Crippen LogP) is 4.99. The number of benzene rings is 3. The number of halogens is 1. The molecule has 3 aromatic rings. The van der Waals surface area contributed by atoms with Gasteiger partial charge in [0.05, 0.1) is 10.6 Å². The summed E-state index contributed by atoms with van der Waals surface area (Å²) in [5.41, 5.74) is 2.86. The van der Waals surface area contributed by atoms with Crippen LogP contribution in [-0.4, -0.2) is 32.4 Å². The molecule has 31 heavy (non-hydrogen) atoms. The quantitative estimate of drug-likeness (QED) is 0.544. The number of anilines is 1. The molecule has 1 heterocycles. The summed E-state index contributed by atoms with van der Waals surface area (Å²) in [5.74, 6) is -0.234. The SMILES string of the molecule is Cc1ccc(N(C2CCN(Cc3ccc(F)cc3)CC2)S(=O)(=O)c2ccccc2)cc1. The van der Waals surface area contributed by atoms with Crippen molar-refractivity contribution in [1.82, 2.24) is 4.90 Å². The van der Waals surface area contributed by atoms with Crippen LogP contribution >= 0.6 is 0 Å². The largest absolute Gasteiger partial charge is 0.299 e. The highest BCUT2D eigenvalue weighted by Gasteiger charge is 2.34. The first-order valence-corrected chi connectivity index (χ1v) is 12.0. The summed E-state index contributed by atoms with van der Waals surface area (Å²) < 4.78 is 42.0. The normalized spacial score (nSPS) is 15.7. The van der Waals surface area contributed by atoms with Gasteiger partial charge in [0.1, 0.15) is 5.82 Å². The second kappa shape index (κ2) is 9.20. The maximum Gasteiger partial charge on any atom is 0.264 e. The van der Waals surface area contributed by atoms with E-state index in [1.54, 1.807) is 40.7 Å². The minimum Gasteiger partial charge on any atom is -0.299 e. The Bertz CT molecular complexity index is 1090. The molecule has 0 radical (unpaired) electrons. The van der Waals surface area contributed by atoms with Crippen molar-refractivity contribution in [2.75, 3.05) is 17.4 Å². The van der Waals surface area contributed by atoms with Gasteiger partial charge < -0.3 is 0 Å². The highest BCUT2D eigenvalue weighted by Crippen LogP contribution is 2.31. The van der Waals surface area contributed by atoms with Crippen molar-refractivity contribution in [3.05, 3.63) is 95.8 Å². The monoisotopic (exact) mass is 438 g/mol. The molecular weight excluding hydrogens is 411 g/mol. The molecular formula is C25H27FN2O2S. The molecule has 0 amide bonds. The average molecular weight is 439 g/mol. The van der Waals surface area contributed by atoms with Gasteiger partial charge in [-0.25, -0.2) is 12.8 Å². The molecule has 0 aromatic heterocycles. The fourth-order valence-electron chi connectivity index (χ4n) is 4.10. The summed E-state index contributed by atoms with van der Waals surface area (Å²) in [4.78, 5) is 2.61. The lowest BCUT2D eigenvalue weighted by atomic mass is 10.0. The van der Waals surface area contributed by atoms with E-state index in [0.29, 0.717) is 10.6 Å². The highest BCUT2D eigenvalue weighted by molar-refractivity contribution is 7.92. The van der Waals surface area contributed by atoms with Crippen molar-refractivity contribution in [3.8, 4) is 0 Å². The zero-order valence-corrected chi connectivity index (χ0v) is 18.4. The number of aryl methyl sites for hydroxylation is 1. The molecule has 0 N–H and O–H groups in total. The number of hydrogen-bond acceptors (Lipinski definition) is 3. The van der Waals surface area contributed by atoms with Crippen LogP contribution in [-0.2, 0) is 16.6 Å². The van der Waals surface area contributed by atoms with Gasteiger partial charge in [0.15, 0.2) is 0 Å². The Morgan fingerprint density at radius 1 is 0.903 bits per heavy atom. The molecule has 0 aliphatic carbocycles. The highest BCUT2D eigenvalue weighted by atomic mass is 32.2. The molecule has 3 aromatic carbocycles. The van der Waals surface area contributed by atoms with Gasteiger partial charge >= 0.3 is 0 Å². The third-order valence-corrected chi connectivity index (χ3v) is 7.69. The zero-order valence-electron chi connectivity index (χ0n) is 17.6. The summed E-state index contributed by atoms with van der Waals surface area (Å²) in [6.45, 7) is 4.31. The van der Waals surface area contributed by atoms with Gasteiger partial charge in [-0.15, -0.1) is 0 Å². The first-order valence-electron chi connectivity index (χ1n) is 10.6. The molecule has 0 saturated carbocycles. The maximum atomic E-state index is 13.6. The van der Waals surface area contributed by atoms with E-state index < -0.39 is 10.0 Å². The smallest absolute Gasteiger partial charge is 0.264 e. The van der Waals surface area contributed by atoms with Crippen LogP contribution in [0.4, 0.5) is 10.1 Å². The summed E-state index contributed by atoms with van der Waals surface area (Å²) in [7, 11) is -3.67. The number of nitrogens with zero attached hydrogens (tertiary/aromatic N) is 2. The summed E-state index contributed by atoms with van der Waals surface area (Å²) in [6.07, 6.45) is 1.47. The van der Waals surface area contributed by atoms with E-state index in [0.717, 1.165) is 43.6 Å². The second-order valence-corrected chi connectivity index (χ2v) is 9.90. The first-order chi connectivity index (χ1) is 14.9. The van der Waals surface area contributed by atoms with Gasteiger partial charge in [-0.1, -0.05) is 48.0 Å². The number of sulfonamides is 1. The molecule has 4 rings (SSSR count). The molecule has 1 aliphatic rings. The number of piperidine rings is 1. The minimum absolute atomic E-state index is 0.114. The summed E-state index contributed by atoms with van der Waals surface area (Å²) in [6, 6.07) is 22.8. The van der Waals surface area contributed by atoms with Gasteiger partial charge in [0.25, 0.3) is 10.0 Å². The van der Waals surface area contributed by atoms with E-state index in [2.05, 4.69) is 4.90 Å². The van der Waals surface area contributed by atoms with Gasteiger partial charge in [0, 0.05) is 25.7 Å². The van der Waals surface area contributed by atoms with Crippen molar-refractivity contribution < 1.29 is 12.8 Å². The van der Waals surface area contributed by atoms with E-state index in [9.17, 15) is 12.8 Å². The molecule has 1 fully saturated rings. The van der Waals surface area contributed by atoms with Crippen LogP contribution in [0.2, 0.25) is 0 Å². The predicted molar refractivity (Wildman–Crippen MR) is 122 cm³/mol. The van der Waals surface area contributed by atoms with Crippen molar-refractivity contribution in [2.45, 2.75) is 37.2 Å². The van der Waals surface area contributed by atoms with Gasteiger partial charge in [-0.2, -0.15) is 0 Å². The molecule has 0 unspecified atom stereocenters. The fraction of sp³-hybridized carbons (Fsp3) is 0.280. The number of hydrogen-bond donors (Lipinski definition) is 0. The van der Waals surface area contributed by atoms with Gasteiger partial charge in [0.2, 0.25) is 0 Å². The molecule has 0 atom stereocenters. The Labute approximate surface area is 184 Å². The number of rotatable bonds is 6. The molecule has 1 saturated heterocycles. The molecule has 0 bridgehead atoms. The average Bonchev–Trinajstić information content (AvgIpc) is 2.78. The minimum atomic E-state index is -3.67. The van der Waals surface area contributed by atoms with Crippen LogP contribution in [0, 0.1) is 12.7 Å². The second-order valence-electron chi connectivity index (χ2n) is 8.08. The van der Waals surface area contributed by atoms with E-state index in [1.807, 2.05) is 37.3 Å². The van der Waals surface area contributed by atoms with Crippen molar-refractivity contribution in [3.63, 3.8) is 0 Å². The molecule has 0 spiro atoms. The Morgan fingerprint density at radius 2 is 1.52 bits per heavy atom. The topological polar surface area (TPSA) is 40.6 Å². The Kier molecular flexibility index (Phi) is 6.39. The van der Waals surface area contributed by atoms with Crippen molar-refractivity contribution in [2.24, 2.45) is 0 Å². The third kappa shape index (κ3) is 4.97. The first kappa shape index (κ1) is 21.5. The van der Waals surface area contributed by atoms with E-state index >= 15 is 0 Å². The van der Waals surface area contributed by atoms with Gasteiger partial charge in [-0.05, 0) is 61.7 Å². The van der Waals surface area contributed by atoms with Crippen molar-refractivity contribution >= 4 is 15.7 Å². The Balaban J connectivity index is 1.55. The maximum absolute atomic E-state index is 13.6. The van der Waals surface area contributed by atoms with Crippen LogP contribution in [0.5, 0.6) is 0 Å². The van der Waals surface area contributed by atoms with E-state index in [4.69, 9.17) is 0 Å². The fourth-order valence-corrected chi connectivity index (χ4v) is 5.83. The van der Waals surface area contributed by atoms with E-state index in [-0.39, 0.29) is 11.9 Å².